The molecular formula is C17H27N3O. The summed E-state index contributed by atoms with van der Waals surface area (Å²) in [5.74, 6) is 0.628. The van der Waals surface area contributed by atoms with Crippen LogP contribution < -0.4 is 10.2 Å². The minimum atomic E-state index is 0.0829. The Bertz CT molecular complexity index is 465. The summed E-state index contributed by atoms with van der Waals surface area (Å²) in [6.07, 6.45) is 1.04. The maximum Gasteiger partial charge on any atom is 0.317 e. The zero-order valence-electron chi connectivity index (χ0n) is 13.4. The quantitative estimate of drug-likeness (QED) is 0.925. The van der Waals surface area contributed by atoms with Gasteiger partial charge in [0.05, 0.1) is 0 Å². The lowest BCUT2D eigenvalue weighted by Crippen LogP contribution is -2.52. The van der Waals surface area contributed by atoms with Crippen LogP contribution in [0, 0.1) is 12.8 Å². The summed E-state index contributed by atoms with van der Waals surface area (Å²) in [6.45, 7) is 10.6. The predicted molar refractivity (Wildman–Crippen MR) is 87.8 cm³/mol. The van der Waals surface area contributed by atoms with Gasteiger partial charge in [0.15, 0.2) is 0 Å². The van der Waals surface area contributed by atoms with Crippen LogP contribution in [0.25, 0.3) is 0 Å². The number of urea groups is 1. The lowest BCUT2D eigenvalue weighted by atomic mass is 10.1. The molecular weight excluding hydrogens is 262 g/mol. The normalized spacial score (nSPS) is 15.4. The molecule has 0 aromatic heterocycles. The number of carbonyl (C=O) groups is 1. The van der Waals surface area contributed by atoms with Crippen molar-refractivity contribution in [3.63, 3.8) is 0 Å². The lowest BCUT2D eigenvalue weighted by Gasteiger charge is -2.36. The molecule has 4 heteroatoms. The third kappa shape index (κ3) is 4.66. The molecule has 0 aliphatic carbocycles. The summed E-state index contributed by atoms with van der Waals surface area (Å²) in [6, 6.07) is 8.64. The number of rotatable bonds is 4. The Balaban J connectivity index is 1.79. The summed E-state index contributed by atoms with van der Waals surface area (Å²) < 4.78 is 0. The van der Waals surface area contributed by atoms with Crippen molar-refractivity contribution in [3.05, 3.63) is 29.8 Å². The van der Waals surface area contributed by atoms with E-state index in [4.69, 9.17) is 0 Å². The fraction of sp³-hybridized carbons (Fsp3) is 0.588. The van der Waals surface area contributed by atoms with Gasteiger partial charge < -0.3 is 15.1 Å². The Morgan fingerprint density at radius 3 is 2.57 bits per heavy atom. The van der Waals surface area contributed by atoms with Crippen LogP contribution in [0.15, 0.2) is 24.3 Å². The fourth-order valence-corrected chi connectivity index (χ4v) is 2.57. The first-order valence-electron chi connectivity index (χ1n) is 7.90. The van der Waals surface area contributed by atoms with Gasteiger partial charge in [-0.3, -0.25) is 0 Å². The number of carbonyl (C=O) groups excluding carboxylic acids is 1. The predicted octanol–water partition coefficient (Wildman–Crippen LogP) is 2.87. The molecule has 0 unspecified atom stereocenters. The van der Waals surface area contributed by atoms with E-state index in [0.29, 0.717) is 5.92 Å². The van der Waals surface area contributed by atoms with Crippen molar-refractivity contribution in [1.82, 2.24) is 10.2 Å². The van der Waals surface area contributed by atoms with E-state index in [1.165, 1.54) is 11.3 Å². The van der Waals surface area contributed by atoms with Crippen LogP contribution in [0.1, 0.15) is 25.8 Å². The fourth-order valence-electron chi connectivity index (χ4n) is 2.57. The molecule has 0 atom stereocenters. The van der Waals surface area contributed by atoms with Crippen LogP contribution in [0.3, 0.4) is 0 Å². The van der Waals surface area contributed by atoms with Gasteiger partial charge in [-0.1, -0.05) is 26.0 Å². The number of hydrogen-bond acceptors (Lipinski definition) is 2. The van der Waals surface area contributed by atoms with Gasteiger partial charge >= 0.3 is 6.03 Å². The van der Waals surface area contributed by atoms with Gasteiger partial charge in [-0.25, -0.2) is 4.79 Å². The lowest BCUT2D eigenvalue weighted by molar-refractivity contribution is 0.194. The average molecular weight is 289 g/mol. The SMILES string of the molecule is Cc1cccc(N2CCN(C(=O)NCCC(C)C)CC2)c1. The highest BCUT2D eigenvalue weighted by Gasteiger charge is 2.20. The number of anilines is 1. The second-order valence-electron chi connectivity index (χ2n) is 6.23. The number of aryl methyl sites for hydroxylation is 1. The molecule has 1 fully saturated rings. The average Bonchev–Trinajstić information content (AvgIpc) is 2.47. The molecule has 21 heavy (non-hydrogen) atoms. The number of piperazine rings is 1. The third-order valence-electron chi connectivity index (χ3n) is 3.93. The van der Waals surface area contributed by atoms with E-state index in [1.807, 2.05) is 4.90 Å². The molecule has 1 saturated heterocycles. The summed E-state index contributed by atoms with van der Waals surface area (Å²) in [5, 5.41) is 3.02. The smallest absolute Gasteiger partial charge is 0.317 e. The Hall–Kier alpha value is -1.71. The first kappa shape index (κ1) is 15.7. The van der Waals surface area contributed by atoms with Crippen LogP contribution in [0.2, 0.25) is 0 Å². The highest BCUT2D eigenvalue weighted by molar-refractivity contribution is 5.74. The summed E-state index contributed by atoms with van der Waals surface area (Å²) >= 11 is 0. The molecule has 116 valence electrons. The first-order chi connectivity index (χ1) is 10.1. The van der Waals surface area contributed by atoms with Crippen molar-refractivity contribution in [1.29, 1.82) is 0 Å². The third-order valence-corrected chi connectivity index (χ3v) is 3.93. The molecule has 1 aliphatic heterocycles. The van der Waals surface area contributed by atoms with Gasteiger partial charge in [0.25, 0.3) is 0 Å². The Kier molecular flexibility index (Phi) is 5.48. The van der Waals surface area contributed by atoms with Crippen LogP contribution >= 0.6 is 0 Å². The van der Waals surface area contributed by atoms with Crippen LogP contribution in [-0.2, 0) is 0 Å². The Morgan fingerprint density at radius 2 is 1.95 bits per heavy atom. The van der Waals surface area contributed by atoms with Crippen molar-refractivity contribution in [2.45, 2.75) is 27.2 Å². The standard InChI is InChI=1S/C17H27N3O/c1-14(2)7-8-18-17(21)20-11-9-19(10-12-20)16-6-4-5-15(3)13-16/h4-6,13-14H,7-12H2,1-3H3,(H,18,21). The van der Waals surface area contributed by atoms with E-state index in [2.05, 4.69) is 55.3 Å². The number of amides is 2. The summed E-state index contributed by atoms with van der Waals surface area (Å²) in [7, 11) is 0. The van der Waals surface area contributed by atoms with Gasteiger partial charge in [0, 0.05) is 38.4 Å². The molecule has 0 bridgehead atoms. The highest BCUT2D eigenvalue weighted by Crippen LogP contribution is 2.17. The molecule has 4 nitrogen and oxygen atoms in total. The summed E-state index contributed by atoms with van der Waals surface area (Å²) in [4.78, 5) is 16.3. The van der Waals surface area contributed by atoms with Gasteiger partial charge in [-0.15, -0.1) is 0 Å². The van der Waals surface area contributed by atoms with Crippen molar-refractivity contribution in [2.24, 2.45) is 5.92 Å². The Morgan fingerprint density at radius 1 is 1.24 bits per heavy atom. The minimum absolute atomic E-state index is 0.0829. The van der Waals surface area contributed by atoms with Crippen LogP contribution in [0.5, 0.6) is 0 Å². The molecule has 2 amide bonds. The maximum absolute atomic E-state index is 12.1. The molecule has 1 aliphatic rings. The molecule has 1 aromatic carbocycles. The van der Waals surface area contributed by atoms with E-state index < -0.39 is 0 Å². The van der Waals surface area contributed by atoms with E-state index in [0.717, 1.165) is 39.1 Å². The monoisotopic (exact) mass is 289 g/mol. The zero-order chi connectivity index (χ0) is 15.2. The molecule has 1 aromatic rings. The van der Waals surface area contributed by atoms with E-state index in [1.54, 1.807) is 0 Å². The van der Waals surface area contributed by atoms with Crippen LogP contribution in [-0.4, -0.2) is 43.7 Å². The molecule has 0 saturated carbocycles. The van der Waals surface area contributed by atoms with E-state index in [-0.39, 0.29) is 6.03 Å². The minimum Gasteiger partial charge on any atom is -0.368 e. The number of nitrogens with zero attached hydrogens (tertiary/aromatic N) is 2. The number of nitrogens with one attached hydrogen (secondary N) is 1. The summed E-state index contributed by atoms with van der Waals surface area (Å²) in [5.41, 5.74) is 2.54. The second kappa shape index (κ2) is 7.34. The molecule has 0 radical (unpaired) electrons. The Labute approximate surface area is 128 Å². The highest BCUT2D eigenvalue weighted by atomic mass is 16.2. The molecule has 0 spiro atoms. The van der Waals surface area contributed by atoms with E-state index in [9.17, 15) is 4.79 Å². The second-order valence-corrected chi connectivity index (χ2v) is 6.23. The van der Waals surface area contributed by atoms with Gasteiger partial charge in [0.2, 0.25) is 0 Å². The van der Waals surface area contributed by atoms with Gasteiger partial charge in [-0.05, 0) is 37.0 Å². The number of hydrogen-bond donors (Lipinski definition) is 1. The largest absolute Gasteiger partial charge is 0.368 e. The van der Waals surface area contributed by atoms with Gasteiger partial charge in [-0.2, -0.15) is 0 Å². The number of benzene rings is 1. The van der Waals surface area contributed by atoms with E-state index >= 15 is 0 Å². The maximum atomic E-state index is 12.1. The van der Waals surface area contributed by atoms with Crippen molar-refractivity contribution < 1.29 is 4.79 Å². The zero-order valence-corrected chi connectivity index (χ0v) is 13.4. The van der Waals surface area contributed by atoms with Crippen molar-refractivity contribution in [3.8, 4) is 0 Å². The van der Waals surface area contributed by atoms with Crippen molar-refractivity contribution >= 4 is 11.7 Å². The van der Waals surface area contributed by atoms with Gasteiger partial charge in [0.1, 0.15) is 0 Å². The molecule has 2 rings (SSSR count). The molecule has 1 heterocycles. The molecule has 1 N–H and O–H groups in total. The topological polar surface area (TPSA) is 35.6 Å². The first-order valence-corrected chi connectivity index (χ1v) is 7.90. The van der Waals surface area contributed by atoms with Crippen LogP contribution in [0.4, 0.5) is 10.5 Å². The van der Waals surface area contributed by atoms with Crippen molar-refractivity contribution in [2.75, 3.05) is 37.6 Å².